The molecule has 0 saturated carbocycles. The normalized spacial score (nSPS) is 13.1. The molecule has 0 atom stereocenters. The lowest BCUT2D eigenvalue weighted by Gasteiger charge is -2.14. The molecule has 9 heteroatoms. The number of fused-ring (bicyclic) bond motifs is 1. The number of non-ortho nitro benzene ring substituents is 1. The highest BCUT2D eigenvalue weighted by Gasteiger charge is 2.11. The number of nitro groups is 1. The molecule has 1 heterocycles. The van der Waals surface area contributed by atoms with Crippen molar-refractivity contribution in [2.24, 2.45) is 4.99 Å². The van der Waals surface area contributed by atoms with Gasteiger partial charge in [0.05, 0.1) is 18.1 Å². The third kappa shape index (κ3) is 5.71. The van der Waals surface area contributed by atoms with Crippen LogP contribution in [-0.4, -0.2) is 31.1 Å². The highest BCUT2D eigenvalue weighted by molar-refractivity contribution is 14.0. The fourth-order valence-electron chi connectivity index (χ4n) is 2.48. The van der Waals surface area contributed by atoms with E-state index in [2.05, 4.69) is 15.6 Å². The third-order valence-electron chi connectivity index (χ3n) is 3.84. The molecule has 2 aromatic carbocycles. The van der Waals surface area contributed by atoms with Crippen LogP contribution in [0.25, 0.3) is 0 Å². The summed E-state index contributed by atoms with van der Waals surface area (Å²) in [6, 6.07) is 12.0. The number of guanidine groups is 1. The predicted octanol–water partition coefficient (Wildman–Crippen LogP) is 3.56. The minimum Gasteiger partial charge on any atom is -0.490 e. The summed E-state index contributed by atoms with van der Waals surface area (Å²) in [7, 11) is 1.67. The molecular formula is C18H21IN4O4. The Morgan fingerprint density at radius 3 is 2.52 bits per heavy atom. The lowest BCUT2D eigenvalue weighted by atomic mass is 10.2. The Hall–Kier alpha value is -2.56. The van der Waals surface area contributed by atoms with Crippen molar-refractivity contribution in [1.82, 2.24) is 5.32 Å². The SMILES string of the molecule is CN=C(NCc1ccc([N+](=O)[O-])cc1)Nc1ccc2c(c1)OCCCO2.I. The number of hydrogen-bond donors (Lipinski definition) is 2. The highest BCUT2D eigenvalue weighted by Crippen LogP contribution is 2.32. The van der Waals surface area contributed by atoms with E-state index in [-0.39, 0.29) is 29.7 Å². The molecule has 144 valence electrons. The van der Waals surface area contributed by atoms with Gasteiger partial charge in [-0.05, 0) is 17.7 Å². The van der Waals surface area contributed by atoms with Crippen molar-refractivity contribution in [2.45, 2.75) is 13.0 Å². The summed E-state index contributed by atoms with van der Waals surface area (Å²) in [6.45, 7) is 1.77. The van der Waals surface area contributed by atoms with Crippen LogP contribution < -0.4 is 20.1 Å². The van der Waals surface area contributed by atoms with Gasteiger partial charge in [0, 0.05) is 43.9 Å². The number of hydrogen-bond acceptors (Lipinski definition) is 5. The number of nitro benzene ring substituents is 1. The summed E-state index contributed by atoms with van der Waals surface area (Å²) < 4.78 is 11.3. The van der Waals surface area contributed by atoms with Gasteiger partial charge in [-0.15, -0.1) is 24.0 Å². The smallest absolute Gasteiger partial charge is 0.269 e. The van der Waals surface area contributed by atoms with Gasteiger partial charge in [-0.3, -0.25) is 15.1 Å². The Bertz CT molecular complexity index is 812. The molecule has 0 amide bonds. The average Bonchev–Trinajstić information content (AvgIpc) is 2.90. The topological polar surface area (TPSA) is 98.0 Å². The number of anilines is 1. The quantitative estimate of drug-likeness (QED) is 0.227. The number of rotatable bonds is 4. The Balaban J connectivity index is 0.00000261. The molecular weight excluding hydrogens is 463 g/mol. The molecule has 2 N–H and O–H groups in total. The van der Waals surface area contributed by atoms with Gasteiger partial charge in [0.1, 0.15) is 0 Å². The largest absolute Gasteiger partial charge is 0.490 e. The van der Waals surface area contributed by atoms with Crippen molar-refractivity contribution in [3.8, 4) is 11.5 Å². The molecule has 27 heavy (non-hydrogen) atoms. The summed E-state index contributed by atoms with van der Waals surface area (Å²) in [5.74, 6) is 2.03. The molecule has 0 fully saturated rings. The van der Waals surface area contributed by atoms with Crippen LogP contribution in [0, 0.1) is 10.1 Å². The van der Waals surface area contributed by atoms with Crippen LogP contribution in [-0.2, 0) is 6.54 Å². The van der Waals surface area contributed by atoms with E-state index in [1.807, 2.05) is 18.2 Å². The number of halogens is 1. The van der Waals surface area contributed by atoms with E-state index in [0.29, 0.717) is 31.5 Å². The van der Waals surface area contributed by atoms with E-state index in [4.69, 9.17) is 9.47 Å². The molecule has 1 aliphatic heterocycles. The maximum absolute atomic E-state index is 10.7. The van der Waals surface area contributed by atoms with Gasteiger partial charge in [-0.2, -0.15) is 0 Å². The van der Waals surface area contributed by atoms with Crippen LogP contribution in [0.3, 0.4) is 0 Å². The molecule has 1 aliphatic rings. The molecule has 0 aromatic heterocycles. The molecule has 0 saturated heterocycles. The molecule has 3 rings (SSSR count). The van der Waals surface area contributed by atoms with Crippen LogP contribution >= 0.6 is 24.0 Å². The van der Waals surface area contributed by atoms with Crippen LogP contribution in [0.5, 0.6) is 11.5 Å². The second-order valence-electron chi connectivity index (χ2n) is 5.69. The fraction of sp³-hybridized carbons (Fsp3) is 0.278. The van der Waals surface area contributed by atoms with E-state index in [9.17, 15) is 10.1 Å². The maximum atomic E-state index is 10.7. The molecule has 8 nitrogen and oxygen atoms in total. The first-order valence-electron chi connectivity index (χ1n) is 8.26. The van der Waals surface area contributed by atoms with Crippen molar-refractivity contribution < 1.29 is 14.4 Å². The molecule has 0 aliphatic carbocycles. The number of nitrogens with zero attached hydrogens (tertiary/aromatic N) is 2. The van der Waals surface area contributed by atoms with Gasteiger partial charge in [-0.1, -0.05) is 12.1 Å². The number of ether oxygens (including phenoxy) is 2. The van der Waals surface area contributed by atoms with Gasteiger partial charge in [0.2, 0.25) is 0 Å². The van der Waals surface area contributed by atoms with Crippen LogP contribution in [0.2, 0.25) is 0 Å². The van der Waals surface area contributed by atoms with Crippen LogP contribution in [0.15, 0.2) is 47.5 Å². The molecule has 0 unspecified atom stereocenters. The van der Waals surface area contributed by atoms with E-state index in [1.54, 1.807) is 19.2 Å². The van der Waals surface area contributed by atoms with E-state index in [0.717, 1.165) is 23.4 Å². The summed E-state index contributed by atoms with van der Waals surface area (Å²) in [5.41, 5.74) is 1.81. The molecule has 0 radical (unpaired) electrons. The lowest BCUT2D eigenvalue weighted by molar-refractivity contribution is -0.384. The summed E-state index contributed by atoms with van der Waals surface area (Å²) in [5, 5.41) is 17.1. The zero-order valence-electron chi connectivity index (χ0n) is 14.8. The van der Waals surface area contributed by atoms with E-state index >= 15 is 0 Å². The predicted molar refractivity (Wildman–Crippen MR) is 114 cm³/mol. The van der Waals surface area contributed by atoms with Gasteiger partial charge in [0.25, 0.3) is 5.69 Å². The first-order chi connectivity index (χ1) is 12.7. The minimum atomic E-state index is -0.415. The summed E-state index contributed by atoms with van der Waals surface area (Å²) in [4.78, 5) is 14.5. The van der Waals surface area contributed by atoms with Gasteiger partial charge < -0.3 is 20.1 Å². The van der Waals surface area contributed by atoms with Crippen molar-refractivity contribution in [3.05, 3.63) is 58.1 Å². The molecule has 2 aromatic rings. The number of aliphatic imine (C=N–C) groups is 1. The van der Waals surface area contributed by atoms with Gasteiger partial charge in [-0.25, -0.2) is 0 Å². The highest BCUT2D eigenvalue weighted by atomic mass is 127. The zero-order valence-corrected chi connectivity index (χ0v) is 17.1. The Labute approximate surface area is 174 Å². The van der Waals surface area contributed by atoms with Crippen molar-refractivity contribution in [3.63, 3.8) is 0 Å². The second-order valence-corrected chi connectivity index (χ2v) is 5.69. The van der Waals surface area contributed by atoms with Crippen LogP contribution in [0.4, 0.5) is 11.4 Å². The van der Waals surface area contributed by atoms with Crippen molar-refractivity contribution in [1.29, 1.82) is 0 Å². The van der Waals surface area contributed by atoms with Gasteiger partial charge >= 0.3 is 0 Å². The summed E-state index contributed by atoms with van der Waals surface area (Å²) >= 11 is 0. The fourth-order valence-corrected chi connectivity index (χ4v) is 2.48. The average molecular weight is 484 g/mol. The van der Waals surface area contributed by atoms with E-state index in [1.165, 1.54) is 12.1 Å². The van der Waals surface area contributed by atoms with Crippen molar-refractivity contribution >= 4 is 41.3 Å². The minimum absolute atomic E-state index is 0. The summed E-state index contributed by atoms with van der Waals surface area (Å²) in [6.07, 6.45) is 0.857. The zero-order chi connectivity index (χ0) is 18.4. The maximum Gasteiger partial charge on any atom is 0.269 e. The first kappa shape index (κ1) is 20.7. The third-order valence-corrected chi connectivity index (χ3v) is 3.84. The second kappa shape index (κ2) is 9.95. The molecule has 0 spiro atoms. The first-order valence-corrected chi connectivity index (χ1v) is 8.26. The van der Waals surface area contributed by atoms with Crippen LogP contribution in [0.1, 0.15) is 12.0 Å². The number of nitrogens with one attached hydrogen (secondary N) is 2. The lowest BCUT2D eigenvalue weighted by Crippen LogP contribution is -2.30. The van der Waals surface area contributed by atoms with Gasteiger partial charge in [0.15, 0.2) is 17.5 Å². The molecule has 0 bridgehead atoms. The number of benzene rings is 2. The van der Waals surface area contributed by atoms with Crippen molar-refractivity contribution in [2.75, 3.05) is 25.6 Å². The monoisotopic (exact) mass is 484 g/mol. The Kier molecular flexibility index (Phi) is 7.65. The van der Waals surface area contributed by atoms with E-state index < -0.39 is 4.92 Å². The Morgan fingerprint density at radius 2 is 1.85 bits per heavy atom. The Morgan fingerprint density at radius 1 is 1.15 bits per heavy atom. The standard InChI is InChI=1S/C18H20N4O4.HI/c1-19-18(20-12-13-3-6-15(7-4-13)22(23)24)21-14-5-8-16-17(11-14)26-10-2-9-25-16;/h3-8,11H,2,9-10,12H2,1H3,(H2,19,20,21);1H.